The first-order valence-electron chi connectivity index (χ1n) is 5.31. The molecule has 1 amide bonds. The van der Waals surface area contributed by atoms with Crippen molar-refractivity contribution in [3.8, 4) is 0 Å². The van der Waals surface area contributed by atoms with Crippen LogP contribution in [0, 0.1) is 5.92 Å². The number of carbonyl (C=O) groups excluding carboxylic acids is 1. The predicted molar refractivity (Wildman–Crippen MR) is 58.6 cm³/mol. The van der Waals surface area contributed by atoms with Crippen molar-refractivity contribution in [1.82, 2.24) is 0 Å². The van der Waals surface area contributed by atoms with Gasteiger partial charge in [0.15, 0.2) is 0 Å². The van der Waals surface area contributed by atoms with Crippen LogP contribution >= 0.6 is 0 Å². The molecule has 1 aliphatic rings. The van der Waals surface area contributed by atoms with Gasteiger partial charge in [0.1, 0.15) is 0 Å². The maximum absolute atomic E-state index is 11.7. The molecule has 0 fully saturated rings. The van der Waals surface area contributed by atoms with Gasteiger partial charge in [0, 0.05) is 18.2 Å². The first-order valence-corrected chi connectivity index (χ1v) is 5.31. The quantitative estimate of drug-likeness (QED) is 0.787. The molecule has 80 valence electrons. The van der Waals surface area contributed by atoms with Gasteiger partial charge in [0.05, 0.1) is 0 Å². The topological polar surface area (TPSA) is 49.3 Å². The highest BCUT2D eigenvalue weighted by atomic mass is 16.3. The fraction of sp³-hybridized carbons (Fsp3) is 0.417. The highest BCUT2D eigenvalue weighted by Crippen LogP contribution is 2.27. The second-order valence-electron chi connectivity index (χ2n) is 3.91. The van der Waals surface area contributed by atoms with Gasteiger partial charge in [-0.05, 0) is 30.9 Å². The lowest BCUT2D eigenvalue weighted by molar-refractivity contribution is -0.120. The van der Waals surface area contributed by atoms with E-state index in [2.05, 4.69) is 5.32 Å². The molecule has 0 bridgehead atoms. The minimum atomic E-state index is 0.0204. The standard InChI is InChI=1S/C12H15NO2/c14-7-3-5-10-8-9-4-1-2-6-11(9)13-12(10)15/h1-2,4,6,10,14H,3,5,7-8H2,(H,13,15)/t10-/m1/s1. The average Bonchev–Trinajstić information content (AvgIpc) is 2.26. The zero-order valence-electron chi connectivity index (χ0n) is 8.57. The van der Waals surface area contributed by atoms with Gasteiger partial charge in [0.2, 0.25) is 5.91 Å². The van der Waals surface area contributed by atoms with Crippen LogP contribution in [-0.4, -0.2) is 17.6 Å². The molecule has 3 heteroatoms. The lowest BCUT2D eigenvalue weighted by atomic mass is 9.90. The predicted octanol–water partition coefficient (Wildman–Crippen LogP) is 1.57. The molecule has 1 aromatic rings. The Hall–Kier alpha value is -1.35. The van der Waals surface area contributed by atoms with E-state index in [4.69, 9.17) is 5.11 Å². The van der Waals surface area contributed by atoms with E-state index in [1.54, 1.807) is 0 Å². The monoisotopic (exact) mass is 205 g/mol. The van der Waals surface area contributed by atoms with Gasteiger partial charge in [-0.15, -0.1) is 0 Å². The number of anilines is 1. The molecule has 1 atom stereocenters. The van der Waals surface area contributed by atoms with Gasteiger partial charge >= 0.3 is 0 Å². The summed E-state index contributed by atoms with van der Waals surface area (Å²) in [6, 6.07) is 7.88. The van der Waals surface area contributed by atoms with E-state index in [0.717, 1.165) is 18.5 Å². The van der Waals surface area contributed by atoms with Crippen molar-refractivity contribution in [2.75, 3.05) is 11.9 Å². The molecule has 1 aromatic carbocycles. The van der Waals surface area contributed by atoms with Crippen LogP contribution in [0.1, 0.15) is 18.4 Å². The third-order valence-electron chi connectivity index (χ3n) is 2.82. The summed E-state index contributed by atoms with van der Waals surface area (Å²) in [7, 11) is 0. The van der Waals surface area contributed by atoms with Crippen LogP contribution in [0.15, 0.2) is 24.3 Å². The average molecular weight is 205 g/mol. The largest absolute Gasteiger partial charge is 0.396 e. The Morgan fingerprint density at radius 1 is 1.40 bits per heavy atom. The summed E-state index contributed by atoms with van der Waals surface area (Å²) < 4.78 is 0. The fourth-order valence-electron chi connectivity index (χ4n) is 1.98. The van der Waals surface area contributed by atoms with E-state index < -0.39 is 0 Å². The molecule has 0 spiro atoms. The highest BCUT2D eigenvalue weighted by Gasteiger charge is 2.24. The van der Waals surface area contributed by atoms with Crippen LogP contribution in [-0.2, 0) is 11.2 Å². The Bertz CT molecular complexity index is 362. The van der Waals surface area contributed by atoms with Gasteiger partial charge in [-0.1, -0.05) is 18.2 Å². The first kappa shape index (κ1) is 10.2. The molecule has 0 saturated heterocycles. The minimum absolute atomic E-state index is 0.0204. The summed E-state index contributed by atoms with van der Waals surface area (Å²) in [4.78, 5) is 11.7. The van der Waals surface area contributed by atoms with Gasteiger partial charge in [-0.3, -0.25) is 4.79 Å². The number of aliphatic hydroxyl groups excluding tert-OH is 1. The van der Waals surface area contributed by atoms with Crippen molar-refractivity contribution in [2.45, 2.75) is 19.3 Å². The van der Waals surface area contributed by atoms with Crippen molar-refractivity contribution in [3.05, 3.63) is 29.8 Å². The number of hydrogen-bond acceptors (Lipinski definition) is 2. The van der Waals surface area contributed by atoms with Crippen molar-refractivity contribution >= 4 is 11.6 Å². The molecule has 0 aromatic heterocycles. The molecular weight excluding hydrogens is 190 g/mol. The number of hydrogen-bond donors (Lipinski definition) is 2. The van der Waals surface area contributed by atoms with E-state index in [0.29, 0.717) is 6.42 Å². The van der Waals surface area contributed by atoms with Crippen LogP contribution in [0.25, 0.3) is 0 Å². The minimum Gasteiger partial charge on any atom is -0.396 e. The maximum atomic E-state index is 11.7. The summed E-state index contributed by atoms with van der Waals surface area (Å²) in [6.07, 6.45) is 2.25. The van der Waals surface area contributed by atoms with Gasteiger partial charge in [-0.25, -0.2) is 0 Å². The van der Waals surface area contributed by atoms with Crippen LogP contribution in [0.5, 0.6) is 0 Å². The second kappa shape index (κ2) is 4.45. The van der Waals surface area contributed by atoms with Crippen molar-refractivity contribution in [2.24, 2.45) is 5.92 Å². The number of aliphatic hydroxyl groups is 1. The van der Waals surface area contributed by atoms with Crippen molar-refractivity contribution < 1.29 is 9.90 Å². The third-order valence-corrected chi connectivity index (χ3v) is 2.82. The fourth-order valence-corrected chi connectivity index (χ4v) is 1.98. The summed E-state index contributed by atoms with van der Waals surface area (Å²) in [5.41, 5.74) is 2.13. The number of para-hydroxylation sites is 1. The lowest BCUT2D eigenvalue weighted by Crippen LogP contribution is -2.29. The van der Waals surface area contributed by atoms with Crippen LogP contribution in [0.2, 0.25) is 0 Å². The highest BCUT2D eigenvalue weighted by molar-refractivity contribution is 5.95. The van der Waals surface area contributed by atoms with Crippen LogP contribution < -0.4 is 5.32 Å². The van der Waals surface area contributed by atoms with E-state index in [9.17, 15) is 4.79 Å². The van der Waals surface area contributed by atoms with E-state index in [1.807, 2.05) is 24.3 Å². The molecule has 2 rings (SSSR count). The van der Waals surface area contributed by atoms with Crippen molar-refractivity contribution in [3.63, 3.8) is 0 Å². The lowest BCUT2D eigenvalue weighted by Gasteiger charge is -2.24. The third kappa shape index (κ3) is 2.18. The molecule has 1 heterocycles. The first-order chi connectivity index (χ1) is 7.31. The smallest absolute Gasteiger partial charge is 0.227 e. The maximum Gasteiger partial charge on any atom is 0.227 e. The Balaban J connectivity index is 2.11. The molecule has 0 aliphatic carbocycles. The zero-order chi connectivity index (χ0) is 10.7. The van der Waals surface area contributed by atoms with E-state index in [-0.39, 0.29) is 18.4 Å². The molecule has 1 aliphatic heterocycles. The number of amides is 1. The van der Waals surface area contributed by atoms with Crippen LogP contribution in [0.3, 0.4) is 0 Å². The Morgan fingerprint density at radius 2 is 2.20 bits per heavy atom. The number of benzene rings is 1. The number of rotatable bonds is 3. The van der Waals surface area contributed by atoms with Gasteiger partial charge < -0.3 is 10.4 Å². The summed E-state index contributed by atoms with van der Waals surface area (Å²) in [6.45, 7) is 0.158. The molecule has 15 heavy (non-hydrogen) atoms. The summed E-state index contributed by atoms with van der Waals surface area (Å²) in [5.74, 6) is 0.106. The molecule has 3 nitrogen and oxygen atoms in total. The number of carbonyl (C=O) groups is 1. The van der Waals surface area contributed by atoms with E-state index in [1.165, 1.54) is 5.56 Å². The molecule has 2 N–H and O–H groups in total. The Labute approximate surface area is 89.1 Å². The SMILES string of the molecule is O=C1Nc2ccccc2C[C@H]1CCCO. The Kier molecular flexibility index (Phi) is 3.02. The summed E-state index contributed by atoms with van der Waals surface area (Å²) >= 11 is 0. The van der Waals surface area contributed by atoms with Gasteiger partial charge in [0.25, 0.3) is 0 Å². The van der Waals surface area contributed by atoms with Crippen molar-refractivity contribution in [1.29, 1.82) is 0 Å². The zero-order valence-corrected chi connectivity index (χ0v) is 8.57. The molecule has 0 unspecified atom stereocenters. The molecule has 0 saturated carbocycles. The van der Waals surface area contributed by atoms with E-state index >= 15 is 0 Å². The Morgan fingerprint density at radius 3 is 3.00 bits per heavy atom. The molecular formula is C12H15NO2. The van der Waals surface area contributed by atoms with Crippen LogP contribution in [0.4, 0.5) is 5.69 Å². The number of fused-ring (bicyclic) bond motifs is 1. The second-order valence-corrected chi connectivity index (χ2v) is 3.91. The van der Waals surface area contributed by atoms with Gasteiger partial charge in [-0.2, -0.15) is 0 Å². The number of nitrogens with one attached hydrogen (secondary N) is 1. The normalized spacial score (nSPS) is 19.5. The summed E-state index contributed by atoms with van der Waals surface area (Å²) in [5, 5.41) is 11.6. The molecule has 0 radical (unpaired) electrons.